The second kappa shape index (κ2) is 10.9. The minimum atomic E-state index is -4.47. The van der Waals surface area contributed by atoms with Crippen LogP contribution in [0.5, 0.6) is 0 Å². The number of fused-ring (bicyclic) bond motifs is 1. The van der Waals surface area contributed by atoms with Crippen molar-refractivity contribution in [2.24, 2.45) is 0 Å². The fourth-order valence-corrected chi connectivity index (χ4v) is 4.00. The summed E-state index contributed by atoms with van der Waals surface area (Å²) < 4.78 is 53.3. The summed E-state index contributed by atoms with van der Waals surface area (Å²) in [5.74, 6) is -1.73. The van der Waals surface area contributed by atoms with E-state index in [1.165, 1.54) is 18.2 Å². The quantitative estimate of drug-likeness (QED) is 0.147. The van der Waals surface area contributed by atoms with Crippen molar-refractivity contribution in [3.63, 3.8) is 0 Å². The number of hydrogen-bond donors (Lipinski definition) is 4. The van der Waals surface area contributed by atoms with Gasteiger partial charge in [-0.15, -0.1) is 0 Å². The molecule has 3 aromatic carbocycles. The molecule has 0 aliphatic carbocycles. The van der Waals surface area contributed by atoms with Gasteiger partial charge in [-0.25, -0.2) is 9.37 Å². The first-order valence-electron chi connectivity index (χ1n) is 12.0. The standard InChI is InChI=1S/C29H20F4N6O2/c1-2-25(40)36-23-5-3-4-6-24(23)37-26-21(30)15-34-28(39-26)35-18-11-12-22-19(14-18)20(27(41)38-22)13-16-7-9-17(10-8-16)29(31,32)33/h2-15H,1H2,(H,36,40)(H,38,41)(H2,34,35,37,39). The van der Waals surface area contributed by atoms with E-state index in [-0.39, 0.29) is 17.3 Å². The summed E-state index contributed by atoms with van der Waals surface area (Å²) in [4.78, 5) is 32.5. The third-order valence-electron chi connectivity index (χ3n) is 5.98. The number of carbonyl (C=O) groups excluding carboxylic acids is 2. The van der Waals surface area contributed by atoms with Gasteiger partial charge < -0.3 is 21.3 Å². The molecule has 4 aromatic rings. The number of alkyl halides is 3. The number of amides is 2. The van der Waals surface area contributed by atoms with Crippen molar-refractivity contribution in [1.29, 1.82) is 0 Å². The van der Waals surface area contributed by atoms with Gasteiger partial charge in [0, 0.05) is 22.5 Å². The maximum atomic E-state index is 14.6. The summed E-state index contributed by atoms with van der Waals surface area (Å²) in [5, 5.41) is 11.1. The van der Waals surface area contributed by atoms with Crippen molar-refractivity contribution in [3.05, 3.63) is 108 Å². The Morgan fingerprint density at radius 3 is 2.41 bits per heavy atom. The normalized spacial score (nSPS) is 13.4. The van der Waals surface area contributed by atoms with Gasteiger partial charge in [-0.2, -0.15) is 18.2 Å². The summed E-state index contributed by atoms with van der Waals surface area (Å²) in [6.07, 6.45) is -0.902. The van der Waals surface area contributed by atoms with Crippen LogP contribution < -0.4 is 21.3 Å². The molecule has 0 bridgehead atoms. The van der Waals surface area contributed by atoms with Crippen LogP contribution in [0, 0.1) is 5.82 Å². The molecule has 2 heterocycles. The van der Waals surface area contributed by atoms with Crippen LogP contribution in [-0.2, 0) is 15.8 Å². The number of anilines is 6. The number of para-hydroxylation sites is 2. The highest BCUT2D eigenvalue weighted by atomic mass is 19.4. The van der Waals surface area contributed by atoms with Crippen molar-refractivity contribution >= 4 is 58.0 Å². The van der Waals surface area contributed by atoms with Gasteiger partial charge in [0.15, 0.2) is 11.6 Å². The average Bonchev–Trinajstić information content (AvgIpc) is 3.25. The number of rotatable bonds is 7. The van der Waals surface area contributed by atoms with Crippen LogP contribution in [0.15, 0.2) is 85.6 Å². The average molecular weight is 561 g/mol. The molecule has 0 unspecified atom stereocenters. The van der Waals surface area contributed by atoms with E-state index in [9.17, 15) is 27.2 Å². The second-order valence-electron chi connectivity index (χ2n) is 8.77. The van der Waals surface area contributed by atoms with E-state index in [2.05, 4.69) is 37.8 Å². The highest BCUT2D eigenvalue weighted by molar-refractivity contribution is 6.35. The van der Waals surface area contributed by atoms with Gasteiger partial charge in [0.25, 0.3) is 5.91 Å². The zero-order valence-corrected chi connectivity index (χ0v) is 21.0. The molecule has 0 spiro atoms. The lowest BCUT2D eigenvalue weighted by Gasteiger charge is -2.13. The summed E-state index contributed by atoms with van der Waals surface area (Å²) >= 11 is 0. The molecule has 5 rings (SSSR count). The number of nitrogens with zero attached hydrogens (tertiary/aromatic N) is 2. The second-order valence-corrected chi connectivity index (χ2v) is 8.77. The Labute approximate surface area is 230 Å². The predicted octanol–water partition coefficient (Wildman–Crippen LogP) is 6.74. The molecule has 2 amide bonds. The minimum absolute atomic E-state index is 0.0343. The van der Waals surface area contributed by atoms with Crippen LogP contribution in [-0.4, -0.2) is 21.8 Å². The smallest absolute Gasteiger partial charge is 0.336 e. The van der Waals surface area contributed by atoms with E-state index in [1.54, 1.807) is 42.5 Å². The monoisotopic (exact) mass is 560 g/mol. The van der Waals surface area contributed by atoms with Crippen LogP contribution in [0.1, 0.15) is 16.7 Å². The molecular weight excluding hydrogens is 540 g/mol. The van der Waals surface area contributed by atoms with E-state index in [4.69, 9.17) is 0 Å². The van der Waals surface area contributed by atoms with E-state index in [0.717, 1.165) is 24.4 Å². The van der Waals surface area contributed by atoms with Crippen LogP contribution in [0.4, 0.5) is 52.1 Å². The highest BCUT2D eigenvalue weighted by Gasteiger charge is 2.30. The molecule has 206 valence electrons. The van der Waals surface area contributed by atoms with Gasteiger partial charge in [0.2, 0.25) is 11.9 Å². The topological polar surface area (TPSA) is 108 Å². The molecule has 0 atom stereocenters. The first kappa shape index (κ1) is 27.1. The SMILES string of the molecule is C=CC(=O)Nc1ccccc1Nc1nc(Nc2ccc3c(c2)C(=Cc2ccc(C(F)(F)F)cc2)C(=O)N3)ncc1F. The molecule has 12 heteroatoms. The molecule has 4 N–H and O–H groups in total. The fourth-order valence-electron chi connectivity index (χ4n) is 4.00. The van der Waals surface area contributed by atoms with Gasteiger partial charge in [0.1, 0.15) is 0 Å². The molecule has 1 aliphatic heterocycles. The molecule has 1 aliphatic rings. The molecule has 0 radical (unpaired) electrons. The number of aromatic nitrogens is 2. The van der Waals surface area contributed by atoms with Crippen molar-refractivity contribution in [1.82, 2.24) is 9.97 Å². The number of halogens is 4. The Morgan fingerprint density at radius 1 is 0.976 bits per heavy atom. The van der Waals surface area contributed by atoms with Gasteiger partial charge in [0.05, 0.1) is 23.1 Å². The molecular formula is C29H20F4N6O2. The van der Waals surface area contributed by atoms with Gasteiger partial charge in [-0.1, -0.05) is 30.8 Å². The maximum Gasteiger partial charge on any atom is 0.416 e. The van der Waals surface area contributed by atoms with Crippen molar-refractivity contribution < 1.29 is 27.2 Å². The Hall–Kier alpha value is -5.52. The molecule has 0 fully saturated rings. The summed E-state index contributed by atoms with van der Waals surface area (Å²) in [5.41, 5.74) is 2.13. The first-order valence-corrected chi connectivity index (χ1v) is 12.0. The third-order valence-corrected chi connectivity index (χ3v) is 5.98. The van der Waals surface area contributed by atoms with Crippen LogP contribution in [0.2, 0.25) is 0 Å². The molecule has 1 aromatic heterocycles. The Bertz CT molecular complexity index is 1700. The van der Waals surface area contributed by atoms with Crippen LogP contribution in [0.25, 0.3) is 11.6 Å². The molecule has 41 heavy (non-hydrogen) atoms. The lowest BCUT2D eigenvalue weighted by atomic mass is 10.0. The van der Waals surface area contributed by atoms with Crippen molar-refractivity contribution in [2.75, 3.05) is 21.3 Å². The number of nitrogens with one attached hydrogen (secondary N) is 4. The van der Waals surface area contributed by atoms with Crippen LogP contribution >= 0.6 is 0 Å². The Balaban J connectivity index is 1.39. The van der Waals surface area contributed by atoms with E-state index >= 15 is 0 Å². The van der Waals surface area contributed by atoms with Gasteiger partial charge in [-0.05, 0) is 60.2 Å². The number of hydrogen-bond acceptors (Lipinski definition) is 6. The fraction of sp³-hybridized carbons (Fsp3) is 0.0345. The zero-order chi connectivity index (χ0) is 29.1. The lowest BCUT2D eigenvalue weighted by molar-refractivity contribution is -0.137. The number of carbonyl (C=O) groups is 2. The van der Waals surface area contributed by atoms with Gasteiger partial charge in [-0.3, -0.25) is 9.59 Å². The predicted molar refractivity (Wildman–Crippen MR) is 148 cm³/mol. The third kappa shape index (κ3) is 6.06. The molecule has 8 nitrogen and oxygen atoms in total. The summed E-state index contributed by atoms with van der Waals surface area (Å²) in [7, 11) is 0. The van der Waals surface area contributed by atoms with Gasteiger partial charge >= 0.3 is 6.18 Å². The van der Waals surface area contributed by atoms with Crippen molar-refractivity contribution in [3.8, 4) is 0 Å². The number of benzene rings is 3. The zero-order valence-electron chi connectivity index (χ0n) is 21.0. The Morgan fingerprint density at radius 2 is 1.71 bits per heavy atom. The lowest BCUT2D eigenvalue weighted by Crippen LogP contribution is -2.10. The van der Waals surface area contributed by atoms with Crippen molar-refractivity contribution in [2.45, 2.75) is 6.18 Å². The van der Waals surface area contributed by atoms with E-state index in [1.807, 2.05) is 0 Å². The Kier molecular flexibility index (Phi) is 7.21. The van der Waals surface area contributed by atoms with E-state index in [0.29, 0.717) is 33.9 Å². The first-order chi connectivity index (χ1) is 19.6. The minimum Gasteiger partial charge on any atom is -0.336 e. The molecule has 0 saturated carbocycles. The summed E-state index contributed by atoms with van der Waals surface area (Å²) in [6.45, 7) is 3.41. The maximum absolute atomic E-state index is 14.6. The summed E-state index contributed by atoms with van der Waals surface area (Å²) in [6, 6.07) is 16.0. The van der Waals surface area contributed by atoms with E-state index < -0.39 is 29.4 Å². The van der Waals surface area contributed by atoms with Crippen LogP contribution in [0.3, 0.4) is 0 Å². The highest BCUT2D eigenvalue weighted by Crippen LogP contribution is 2.36. The molecule has 0 saturated heterocycles. The largest absolute Gasteiger partial charge is 0.416 e.